The van der Waals surface area contributed by atoms with Gasteiger partial charge in [-0.15, -0.1) is 11.3 Å². The van der Waals surface area contributed by atoms with Crippen LogP contribution in [0.3, 0.4) is 0 Å². The molecule has 0 aliphatic rings. The van der Waals surface area contributed by atoms with Crippen LogP contribution in [0.4, 0.5) is 5.13 Å². The standard InChI is InChI=1S/C18H14N4S/c1-2-4-14(5-3-1)17-12-23-18(21-17)22-20-11-13-6-7-16-15(10-13)8-9-19-16/h1-12,19H,(H,21,22). The molecule has 0 spiro atoms. The number of nitrogens with zero attached hydrogens (tertiary/aromatic N) is 2. The van der Waals surface area contributed by atoms with E-state index in [1.807, 2.05) is 60.1 Å². The molecule has 0 aliphatic carbocycles. The maximum atomic E-state index is 4.54. The molecular formula is C18H14N4S. The smallest absolute Gasteiger partial charge is 0.203 e. The van der Waals surface area contributed by atoms with E-state index in [0.29, 0.717) is 0 Å². The molecule has 0 saturated carbocycles. The van der Waals surface area contributed by atoms with Gasteiger partial charge >= 0.3 is 0 Å². The van der Waals surface area contributed by atoms with Gasteiger partial charge in [-0.3, -0.25) is 5.43 Å². The number of aromatic nitrogens is 2. The summed E-state index contributed by atoms with van der Waals surface area (Å²) in [5.41, 5.74) is 7.24. The summed E-state index contributed by atoms with van der Waals surface area (Å²) in [4.78, 5) is 7.72. The molecule has 4 aromatic rings. The van der Waals surface area contributed by atoms with Crippen molar-refractivity contribution in [3.8, 4) is 11.3 Å². The third kappa shape index (κ3) is 3.00. The lowest BCUT2D eigenvalue weighted by molar-refractivity contribution is 1.29. The van der Waals surface area contributed by atoms with Crippen molar-refractivity contribution < 1.29 is 0 Å². The number of hydrazone groups is 1. The zero-order valence-electron chi connectivity index (χ0n) is 12.2. The number of fused-ring (bicyclic) bond motifs is 1. The summed E-state index contributed by atoms with van der Waals surface area (Å²) in [6, 6.07) is 18.3. The van der Waals surface area contributed by atoms with Crippen molar-refractivity contribution in [2.75, 3.05) is 5.43 Å². The van der Waals surface area contributed by atoms with E-state index in [0.717, 1.165) is 27.5 Å². The molecule has 0 unspecified atom stereocenters. The third-order valence-corrected chi connectivity index (χ3v) is 4.27. The van der Waals surface area contributed by atoms with E-state index in [-0.39, 0.29) is 0 Å². The first kappa shape index (κ1) is 13.7. The third-order valence-electron chi connectivity index (χ3n) is 3.52. The van der Waals surface area contributed by atoms with E-state index in [2.05, 4.69) is 26.6 Å². The van der Waals surface area contributed by atoms with Crippen molar-refractivity contribution >= 4 is 33.6 Å². The molecule has 2 aromatic carbocycles. The van der Waals surface area contributed by atoms with Crippen LogP contribution in [-0.4, -0.2) is 16.2 Å². The SMILES string of the molecule is C(=NNc1nc(-c2ccccc2)cs1)c1ccc2[nH]ccc2c1. The number of hydrogen-bond acceptors (Lipinski definition) is 4. The molecule has 0 atom stereocenters. The van der Waals surface area contributed by atoms with Crippen molar-refractivity contribution in [3.05, 3.63) is 71.7 Å². The number of rotatable bonds is 4. The normalized spacial score (nSPS) is 11.3. The van der Waals surface area contributed by atoms with Crippen LogP contribution in [0.2, 0.25) is 0 Å². The van der Waals surface area contributed by atoms with Gasteiger partial charge in [-0.25, -0.2) is 4.98 Å². The summed E-state index contributed by atoms with van der Waals surface area (Å²) in [5.74, 6) is 0. The van der Waals surface area contributed by atoms with Crippen molar-refractivity contribution in [3.63, 3.8) is 0 Å². The number of benzene rings is 2. The second-order valence-corrected chi connectivity index (χ2v) is 5.96. The minimum Gasteiger partial charge on any atom is -0.361 e. The van der Waals surface area contributed by atoms with Gasteiger partial charge in [-0.2, -0.15) is 5.10 Å². The Kier molecular flexibility index (Phi) is 3.62. The second kappa shape index (κ2) is 6.06. The van der Waals surface area contributed by atoms with Gasteiger partial charge in [-0.05, 0) is 29.1 Å². The highest BCUT2D eigenvalue weighted by Crippen LogP contribution is 2.24. The molecule has 0 saturated heterocycles. The first-order valence-electron chi connectivity index (χ1n) is 7.26. The summed E-state index contributed by atoms with van der Waals surface area (Å²) < 4.78 is 0. The maximum Gasteiger partial charge on any atom is 0.203 e. The number of aromatic amines is 1. The molecule has 112 valence electrons. The Bertz CT molecular complexity index is 953. The van der Waals surface area contributed by atoms with Crippen LogP contribution >= 0.6 is 11.3 Å². The average Bonchev–Trinajstić information content (AvgIpc) is 3.24. The second-order valence-electron chi connectivity index (χ2n) is 5.10. The number of nitrogens with one attached hydrogen (secondary N) is 2. The summed E-state index contributed by atoms with van der Waals surface area (Å²) in [5, 5.41) is 8.26. The van der Waals surface area contributed by atoms with E-state index < -0.39 is 0 Å². The zero-order valence-corrected chi connectivity index (χ0v) is 13.0. The topological polar surface area (TPSA) is 53.1 Å². The van der Waals surface area contributed by atoms with Gasteiger partial charge in [0.05, 0.1) is 11.9 Å². The van der Waals surface area contributed by atoms with Crippen molar-refractivity contribution in [2.24, 2.45) is 5.10 Å². The van der Waals surface area contributed by atoms with Crippen molar-refractivity contribution in [1.29, 1.82) is 0 Å². The Balaban J connectivity index is 1.47. The predicted molar refractivity (Wildman–Crippen MR) is 97.1 cm³/mol. The molecule has 0 radical (unpaired) electrons. The quantitative estimate of drug-likeness (QED) is 0.422. The van der Waals surface area contributed by atoms with Crippen LogP contribution in [0.1, 0.15) is 5.56 Å². The fourth-order valence-corrected chi connectivity index (χ4v) is 3.05. The summed E-state index contributed by atoms with van der Waals surface area (Å²) in [6.07, 6.45) is 3.74. The molecule has 4 rings (SSSR count). The highest BCUT2D eigenvalue weighted by molar-refractivity contribution is 7.14. The van der Waals surface area contributed by atoms with Crippen LogP contribution in [0.25, 0.3) is 22.2 Å². The largest absolute Gasteiger partial charge is 0.361 e. The summed E-state index contributed by atoms with van der Waals surface area (Å²) in [6.45, 7) is 0. The fraction of sp³-hybridized carbons (Fsp3) is 0. The van der Waals surface area contributed by atoms with Gasteiger partial charge in [0, 0.05) is 22.7 Å². The molecule has 0 amide bonds. The zero-order chi connectivity index (χ0) is 15.5. The molecular weight excluding hydrogens is 304 g/mol. The summed E-state index contributed by atoms with van der Waals surface area (Å²) >= 11 is 1.54. The Morgan fingerprint density at radius 2 is 2.00 bits per heavy atom. The van der Waals surface area contributed by atoms with Gasteiger partial charge in [0.25, 0.3) is 0 Å². The lowest BCUT2D eigenvalue weighted by atomic mass is 10.2. The molecule has 2 heterocycles. The monoisotopic (exact) mass is 318 g/mol. The molecule has 5 heteroatoms. The summed E-state index contributed by atoms with van der Waals surface area (Å²) in [7, 11) is 0. The molecule has 0 aliphatic heterocycles. The molecule has 23 heavy (non-hydrogen) atoms. The van der Waals surface area contributed by atoms with Gasteiger partial charge in [0.1, 0.15) is 0 Å². The van der Waals surface area contributed by atoms with E-state index in [1.165, 1.54) is 5.39 Å². The highest BCUT2D eigenvalue weighted by Gasteiger charge is 2.02. The molecule has 4 nitrogen and oxygen atoms in total. The van der Waals surface area contributed by atoms with Crippen LogP contribution in [0.15, 0.2) is 71.3 Å². The Morgan fingerprint density at radius 3 is 2.91 bits per heavy atom. The number of anilines is 1. The van der Waals surface area contributed by atoms with Gasteiger partial charge in [0.15, 0.2) is 0 Å². The van der Waals surface area contributed by atoms with Crippen LogP contribution in [0.5, 0.6) is 0 Å². The highest BCUT2D eigenvalue weighted by atomic mass is 32.1. The first-order chi connectivity index (χ1) is 11.4. The average molecular weight is 318 g/mol. The van der Waals surface area contributed by atoms with Crippen molar-refractivity contribution in [1.82, 2.24) is 9.97 Å². The fourth-order valence-electron chi connectivity index (χ4n) is 2.38. The molecule has 2 aromatic heterocycles. The van der Waals surface area contributed by atoms with Gasteiger partial charge in [0.2, 0.25) is 5.13 Å². The lowest BCUT2D eigenvalue weighted by Gasteiger charge is -1.96. The molecule has 0 bridgehead atoms. The van der Waals surface area contributed by atoms with Crippen LogP contribution in [-0.2, 0) is 0 Å². The Morgan fingerprint density at radius 1 is 1.09 bits per heavy atom. The van der Waals surface area contributed by atoms with Crippen molar-refractivity contribution in [2.45, 2.75) is 0 Å². The number of thiazole rings is 1. The predicted octanol–water partition coefficient (Wildman–Crippen LogP) is 4.74. The van der Waals surface area contributed by atoms with E-state index in [1.54, 1.807) is 17.6 Å². The van der Waals surface area contributed by atoms with E-state index in [9.17, 15) is 0 Å². The lowest BCUT2D eigenvalue weighted by Crippen LogP contribution is -1.90. The molecule has 0 fully saturated rings. The Labute approximate surface area is 137 Å². The maximum absolute atomic E-state index is 4.54. The van der Waals surface area contributed by atoms with Crippen LogP contribution in [0, 0.1) is 0 Å². The van der Waals surface area contributed by atoms with Crippen LogP contribution < -0.4 is 5.43 Å². The number of hydrogen-bond donors (Lipinski definition) is 2. The molecule has 2 N–H and O–H groups in total. The van der Waals surface area contributed by atoms with Gasteiger partial charge in [-0.1, -0.05) is 36.4 Å². The first-order valence-corrected chi connectivity index (χ1v) is 8.14. The minimum absolute atomic E-state index is 0.780. The Hall–Kier alpha value is -2.92. The number of H-pyrrole nitrogens is 1. The minimum atomic E-state index is 0.780. The van der Waals surface area contributed by atoms with E-state index in [4.69, 9.17) is 0 Å². The van der Waals surface area contributed by atoms with E-state index >= 15 is 0 Å². The van der Waals surface area contributed by atoms with Gasteiger partial charge < -0.3 is 4.98 Å².